The van der Waals surface area contributed by atoms with Gasteiger partial charge in [0.1, 0.15) is 0 Å². The van der Waals surface area contributed by atoms with Gasteiger partial charge in [-0.2, -0.15) is 0 Å². The highest BCUT2D eigenvalue weighted by Gasteiger charge is 2.06. The maximum atomic E-state index is 11.8. The van der Waals surface area contributed by atoms with E-state index in [0.29, 0.717) is 17.1 Å². The third kappa shape index (κ3) is 4.57. The lowest BCUT2D eigenvalue weighted by Crippen LogP contribution is -2.40. The molecule has 0 aliphatic rings. The minimum Gasteiger partial charge on any atom is -0.493 e. The van der Waals surface area contributed by atoms with Crippen LogP contribution in [0.3, 0.4) is 0 Å². The van der Waals surface area contributed by atoms with E-state index in [9.17, 15) is 9.59 Å². The van der Waals surface area contributed by atoms with Crippen molar-refractivity contribution >= 4 is 17.9 Å². The molecule has 0 bridgehead atoms. The van der Waals surface area contributed by atoms with Crippen molar-refractivity contribution in [3.05, 3.63) is 59.9 Å². The number of carbonyl (C=O) groups excluding carboxylic acids is 2. The lowest BCUT2D eigenvalue weighted by atomic mass is 10.2. The number of rotatable bonds is 5. The molecule has 2 aromatic rings. The third-order valence-corrected chi connectivity index (χ3v) is 3.08. The molecule has 0 aliphatic heterocycles. The molecule has 124 valence electrons. The number of amides is 2. The molecule has 7 heteroatoms. The predicted octanol–water partition coefficient (Wildman–Crippen LogP) is 1.57. The molecule has 0 spiro atoms. The average molecular weight is 327 g/mol. The number of carbonyl (C=O) groups is 2. The van der Waals surface area contributed by atoms with Crippen molar-refractivity contribution in [3.8, 4) is 11.5 Å². The molecule has 0 atom stereocenters. The maximum absolute atomic E-state index is 11.8. The van der Waals surface area contributed by atoms with Gasteiger partial charge in [0.05, 0.1) is 14.2 Å². The van der Waals surface area contributed by atoms with E-state index in [0.717, 1.165) is 5.56 Å². The topological polar surface area (TPSA) is 89.6 Å². The molecular formula is C17H17N3O4. The van der Waals surface area contributed by atoms with Crippen molar-refractivity contribution in [1.29, 1.82) is 0 Å². The molecule has 0 saturated carbocycles. The first-order valence-corrected chi connectivity index (χ1v) is 7.04. The van der Waals surface area contributed by atoms with Crippen molar-refractivity contribution in [2.45, 2.75) is 0 Å². The van der Waals surface area contributed by atoms with E-state index < -0.39 is 11.8 Å². The highest BCUT2D eigenvalue weighted by atomic mass is 16.5. The van der Waals surface area contributed by atoms with Crippen LogP contribution in [0.25, 0.3) is 6.08 Å². The van der Waals surface area contributed by atoms with Crippen LogP contribution in [-0.2, 0) is 4.79 Å². The van der Waals surface area contributed by atoms with Crippen LogP contribution in [0.4, 0.5) is 0 Å². The van der Waals surface area contributed by atoms with Gasteiger partial charge in [-0.3, -0.25) is 25.4 Å². The van der Waals surface area contributed by atoms with E-state index in [1.54, 1.807) is 43.5 Å². The number of aromatic nitrogens is 1. The molecule has 0 unspecified atom stereocenters. The van der Waals surface area contributed by atoms with Gasteiger partial charge in [-0.05, 0) is 35.9 Å². The van der Waals surface area contributed by atoms with Gasteiger partial charge in [-0.25, -0.2) is 0 Å². The number of nitrogens with one attached hydrogen (secondary N) is 2. The first kappa shape index (κ1) is 17.0. The van der Waals surface area contributed by atoms with Crippen LogP contribution >= 0.6 is 0 Å². The van der Waals surface area contributed by atoms with Crippen LogP contribution in [0.5, 0.6) is 11.5 Å². The van der Waals surface area contributed by atoms with Gasteiger partial charge in [0.25, 0.3) is 11.8 Å². The normalized spacial score (nSPS) is 10.2. The maximum Gasteiger partial charge on any atom is 0.269 e. The van der Waals surface area contributed by atoms with Gasteiger partial charge in [0.2, 0.25) is 0 Å². The number of pyridine rings is 1. The zero-order valence-electron chi connectivity index (χ0n) is 13.3. The SMILES string of the molecule is COc1ccc(/C=C/C(=O)NNC(=O)c2ccncc2)cc1OC. The molecule has 24 heavy (non-hydrogen) atoms. The van der Waals surface area contributed by atoms with Gasteiger partial charge >= 0.3 is 0 Å². The number of hydrazine groups is 1. The Kier molecular flexibility index (Phi) is 5.90. The van der Waals surface area contributed by atoms with E-state index >= 15 is 0 Å². The van der Waals surface area contributed by atoms with Crippen molar-refractivity contribution in [3.63, 3.8) is 0 Å². The Bertz CT molecular complexity index is 745. The standard InChI is InChI=1S/C17H17N3O4/c1-23-14-5-3-12(11-15(14)24-2)4-6-16(21)19-20-17(22)13-7-9-18-10-8-13/h3-11H,1-2H3,(H,19,21)(H,20,22)/b6-4+. The number of methoxy groups -OCH3 is 2. The fourth-order valence-corrected chi connectivity index (χ4v) is 1.86. The van der Waals surface area contributed by atoms with Crippen LogP contribution in [0.1, 0.15) is 15.9 Å². The van der Waals surface area contributed by atoms with Crippen LogP contribution in [0.2, 0.25) is 0 Å². The van der Waals surface area contributed by atoms with Crippen LogP contribution in [0.15, 0.2) is 48.8 Å². The molecule has 0 saturated heterocycles. The van der Waals surface area contributed by atoms with E-state index in [2.05, 4.69) is 15.8 Å². The fourth-order valence-electron chi connectivity index (χ4n) is 1.86. The third-order valence-electron chi connectivity index (χ3n) is 3.08. The first-order valence-electron chi connectivity index (χ1n) is 7.04. The Balaban J connectivity index is 1.92. The predicted molar refractivity (Wildman–Crippen MR) is 88.4 cm³/mol. The zero-order chi connectivity index (χ0) is 17.4. The second-order valence-electron chi connectivity index (χ2n) is 4.63. The fraction of sp³-hybridized carbons (Fsp3) is 0.118. The van der Waals surface area contributed by atoms with E-state index in [-0.39, 0.29) is 0 Å². The molecule has 2 rings (SSSR count). The van der Waals surface area contributed by atoms with E-state index in [1.165, 1.54) is 25.6 Å². The highest BCUT2D eigenvalue weighted by Crippen LogP contribution is 2.27. The average Bonchev–Trinajstić information content (AvgIpc) is 2.64. The summed E-state index contributed by atoms with van der Waals surface area (Å²) in [5.74, 6) is 0.271. The summed E-state index contributed by atoms with van der Waals surface area (Å²) in [7, 11) is 3.08. The number of hydrogen-bond donors (Lipinski definition) is 2. The molecule has 0 fully saturated rings. The first-order chi connectivity index (χ1) is 11.6. The summed E-state index contributed by atoms with van der Waals surface area (Å²) in [6.45, 7) is 0. The van der Waals surface area contributed by atoms with Gasteiger partial charge in [0.15, 0.2) is 11.5 Å². The summed E-state index contributed by atoms with van der Waals surface area (Å²) in [6, 6.07) is 8.34. The van der Waals surface area contributed by atoms with Gasteiger partial charge in [-0.15, -0.1) is 0 Å². The minimum absolute atomic E-state index is 0.397. The molecule has 1 heterocycles. The van der Waals surface area contributed by atoms with Crippen molar-refractivity contribution in [1.82, 2.24) is 15.8 Å². The summed E-state index contributed by atoms with van der Waals surface area (Å²) in [4.78, 5) is 27.3. The minimum atomic E-state index is -0.466. The molecule has 1 aromatic heterocycles. The molecule has 0 radical (unpaired) electrons. The molecular weight excluding hydrogens is 310 g/mol. The van der Waals surface area contributed by atoms with Crippen LogP contribution < -0.4 is 20.3 Å². The van der Waals surface area contributed by atoms with Crippen LogP contribution in [0, 0.1) is 0 Å². The molecule has 2 N–H and O–H groups in total. The Morgan fingerprint density at radius 2 is 1.71 bits per heavy atom. The summed E-state index contributed by atoms with van der Waals surface area (Å²) in [5.41, 5.74) is 5.76. The Morgan fingerprint density at radius 1 is 1.00 bits per heavy atom. The second-order valence-corrected chi connectivity index (χ2v) is 4.63. The lowest BCUT2D eigenvalue weighted by molar-refractivity contribution is -0.117. The van der Waals surface area contributed by atoms with Crippen molar-refractivity contribution in [2.75, 3.05) is 14.2 Å². The number of ether oxygens (including phenoxy) is 2. The molecule has 1 aromatic carbocycles. The van der Waals surface area contributed by atoms with Crippen LogP contribution in [-0.4, -0.2) is 31.0 Å². The Labute approximate surface area is 139 Å². The van der Waals surface area contributed by atoms with E-state index in [4.69, 9.17) is 9.47 Å². The van der Waals surface area contributed by atoms with Gasteiger partial charge < -0.3 is 9.47 Å². The quantitative estimate of drug-likeness (QED) is 0.643. The molecule has 0 aliphatic carbocycles. The summed E-state index contributed by atoms with van der Waals surface area (Å²) < 4.78 is 10.3. The van der Waals surface area contributed by atoms with Crippen molar-refractivity contribution < 1.29 is 19.1 Å². The smallest absolute Gasteiger partial charge is 0.269 e. The lowest BCUT2D eigenvalue weighted by Gasteiger charge is -2.07. The van der Waals surface area contributed by atoms with Crippen molar-refractivity contribution in [2.24, 2.45) is 0 Å². The molecule has 7 nitrogen and oxygen atoms in total. The summed E-state index contributed by atoms with van der Waals surface area (Å²) in [5, 5.41) is 0. The van der Waals surface area contributed by atoms with Gasteiger partial charge in [-0.1, -0.05) is 6.07 Å². The summed E-state index contributed by atoms with van der Waals surface area (Å²) >= 11 is 0. The highest BCUT2D eigenvalue weighted by molar-refractivity contribution is 5.97. The zero-order valence-corrected chi connectivity index (χ0v) is 13.3. The Hall–Kier alpha value is -3.35. The summed E-state index contributed by atoms with van der Waals surface area (Å²) in [6.07, 6.45) is 5.88. The van der Waals surface area contributed by atoms with E-state index in [1.807, 2.05) is 0 Å². The Morgan fingerprint density at radius 3 is 2.38 bits per heavy atom. The second kappa shape index (κ2) is 8.33. The number of nitrogens with zero attached hydrogens (tertiary/aromatic N) is 1. The largest absolute Gasteiger partial charge is 0.493 e. The number of benzene rings is 1. The molecule has 2 amide bonds. The monoisotopic (exact) mass is 327 g/mol. The van der Waals surface area contributed by atoms with Gasteiger partial charge in [0, 0.05) is 24.0 Å². The number of hydrogen-bond acceptors (Lipinski definition) is 5.